The number of carbonyl (C=O) groups is 1. The van der Waals surface area contributed by atoms with Crippen LogP contribution < -0.4 is 15.0 Å². The summed E-state index contributed by atoms with van der Waals surface area (Å²) in [6.45, 7) is 2.23. The Morgan fingerprint density at radius 3 is 2.36 bits per heavy atom. The summed E-state index contributed by atoms with van der Waals surface area (Å²) < 4.78 is 44.9. The monoisotopic (exact) mass is 353 g/mol. The van der Waals surface area contributed by atoms with Crippen LogP contribution in [0.4, 0.5) is 18.9 Å². The third-order valence-corrected chi connectivity index (χ3v) is 4.07. The zero-order chi connectivity index (χ0) is 18.6. The molecule has 0 spiro atoms. The minimum Gasteiger partial charge on any atom is -0.497 e. The molecule has 25 heavy (non-hydrogen) atoms. The predicted molar refractivity (Wildman–Crippen MR) is 88.0 cm³/mol. The molecule has 0 heterocycles. The van der Waals surface area contributed by atoms with Crippen molar-refractivity contribution in [2.75, 3.05) is 19.5 Å². The summed E-state index contributed by atoms with van der Waals surface area (Å²) in [7, 11) is 3.40. The standard InChI is InChI=1S/C18H19F3N2O2/c1-11(23(2)10-12-4-6-13(25-3)7-5-12)18(24)22-15-9-8-14(19)16(20)17(15)21/h4-9,11H,10H2,1-3H3,(H,22,24)/p+1/t11-/m0/s1. The number of halogens is 3. The van der Waals surface area contributed by atoms with Crippen LogP contribution in [0, 0.1) is 17.5 Å². The van der Waals surface area contributed by atoms with Crippen molar-refractivity contribution in [2.24, 2.45) is 0 Å². The molecular formula is C18H20F3N2O2+. The van der Waals surface area contributed by atoms with E-state index in [-0.39, 0.29) is 5.69 Å². The number of anilines is 1. The molecule has 2 N–H and O–H groups in total. The van der Waals surface area contributed by atoms with Gasteiger partial charge in [0.15, 0.2) is 23.5 Å². The Labute approximate surface area is 144 Å². The van der Waals surface area contributed by atoms with Gasteiger partial charge in [0.05, 0.1) is 19.8 Å². The molecule has 2 aromatic rings. The Balaban J connectivity index is 2.02. The van der Waals surface area contributed by atoms with E-state index in [0.717, 1.165) is 28.3 Å². The van der Waals surface area contributed by atoms with E-state index in [0.29, 0.717) is 6.54 Å². The van der Waals surface area contributed by atoms with Gasteiger partial charge >= 0.3 is 0 Å². The number of ether oxygens (including phenoxy) is 1. The summed E-state index contributed by atoms with van der Waals surface area (Å²) in [5.41, 5.74) is 0.616. The molecule has 4 nitrogen and oxygen atoms in total. The maximum Gasteiger partial charge on any atom is 0.282 e. The Morgan fingerprint density at radius 2 is 1.76 bits per heavy atom. The minimum atomic E-state index is -1.61. The fourth-order valence-electron chi connectivity index (χ4n) is 2.31. The molecule has 0 fully saturated rings. The lowest BCUT2D eigenvalue weighted by Crippen LogP contribution is -3.12. The van der Waals surface area contributed by atoms with Crippen molar-refractivity contribution in [1.82, 2.24) is 0 Å². The molecule has 2 rings (SSSR count). The second-order valence-corrected chi connectivity index (χ2v) is 5.81. The Hall–Kier alpha value is -2.54. The first-order valence-electron chi connectivity index (χ1n) is 7.73. The number of methoxy groups -OCH3 is 1. The first kappa shape index (κ1) is 18.8. The molecule has 134 valence electrons. The molecule has 0 saturated heterocycles. The summed E-state index contributed by atoms with van der Waals surface area (Å²) in [4.78, 5) is 13.1. The molecule has 0 saturated carbocycles. The van der Waals surface area contributed by atoms with Gasteiger partial charge in [-0.25, -0.2) is 13.2 Å². The summed E-state index contributed by atoms with van der Waals surface area (Å²) in [5.74, 6) is -4.07. The van der Waals surface area contributed by atoms with Crippen molar-refractivity contribution < 1.29 is 27.6 Å². The fourth-order valence-corrected chi connectivity index (χ4v) is 2.31. The van der Waals surface area contributed by atoms with Crippen molar-refractivity contribution in [3.8, 4) is 5.75 Å². The molecule has 0 aliphatic carbocycles. The number of hydrogen-bond acceptors (Lipinski definition) is 2. The molecule has 0 aliphatic heterocycles. The third kappa shape index (κ3) is 4.51. The maximum absolute atomic E-state index is 13.7. The molecule has 0 radical (unpaired) electrons. The highest BCUT2D eigenvalue weighted by atomic mass is 19.2. The van der Waals surface area contributed by atoms with Gasteiger partial charge in [-0.05, 0) is 43.3 Å². The third-order valence-electron chi connectivity index (χ3n) is 4.07. The Morgan fingerprint density at radius 1 is 1.12 bits per heavy atom. The van der Waals surface area contributed by atoms with Crippen molar-refractivity contribution in [3.05, 3.63) is 59.4 Å². The summed E-state index contributed by atoms with van der Waals surface area (Å²) in [6.07, 6.45) is 0. The van der Waals surface area contributed by atoms with Gasteiger partial charge in [0, 0.05) is 5.56 Å². The average molecular weight is 353 g/mol. The van der Waals surface area contributed by atoms with Crippen LogP contribution in [0.2, 0.25) is 0 Å². The van der Waals surface area contributed by atoms with Gasteiger partial charge in [-0.2, -0.15) is 0 Å². The van der Waals surface area contributed by atoms with Crippen LogP contribution in [-0.2, 0) is 11.3 Å². The zero-order valence-electron chi connectivity index (χ0n) is 14.2. The van der Waals surface area contributed by atoms with E-state index in [1.807, 2.05) is 31.3 Å². The van der Waals surface area contributed by atoms with Crippen molar-refractivity contribution >= 4 is 11.6 Å². The van der Waals surface area contributed by atoms with Gasteiger partial charge in [-0.3, -0.25) is 4.79 Å². The van der Waals surface area contributed by atoms with Crippen LogP contribution in [-0.4, -0.2) is 26.1 Å². The predicted octanol–water partition coefficient (Wildman–Crippen LogP) is 2.15. The van der Waals surface area contributed by atoms with Crippen LogP contribution in [0.1, 0.15) is 12.5 Å². The van der Waals surface area contributed by atoms with E-state index in [9.17, 15) is 18.0 Å². The van der Waals surface area contributed by atoms with Crippen molar-refractivity contribution in [3.63, 3.8) is 0 Å². The fraction of sp³-hybridized carbons (Fsp3) is 0.278. The number of carbonyl (C=O) groups excluding carboxylic acids is 1. The van der Waals surface area contributed by atoms with Crippen molar-refractivity contribution in [1.29, 1.82) is 0 Å². The van der Waals surface area contributed by atoms with Gasteiger partial charge in [0.25, 0.3) is 5.91 Å². The second-order valence-electron chi connectivity index (χ2n) is 5.81. The van der Waals surface area contributed by atoms with Gasteiger partial charge < -0.3 is 15.0 Å². The lowest BCUT2D eigenvalue weighted by atomic mass is 10.1. The number of likely N-dealkylation sites (N-methyl/N-ethyl adjacent to an activating group) is 1. The quantitative estimate of drug-likeness (QED) is 0.782. The average Bonchev–Trinajstić information content (AvgIpc) is 2.62. The zero-order valence-corrected chi connectivity index (χ0v) is 14.2. The summed E-state index contributed by atoms with van der Waals surface area (Å²) in [5, 5.41) is 2.30. The molecule has 2 aromatic carbocycles. The number of nitrogens with one attached hydrogen (secondary N) is 2. The van der Waals surface area contributed by atoms with E-state index in [1.54, 1.807) is 14.0 Å². The van der Waals surface area contributed by atoms with E-state index in [4.69, 9.17) is 4.74 Å². The topological polar surface area (TPSA) is 42.8 Å². The number of hydrogen-bond donors (Lipinski definition) is 2. The van der Waals surface area contributed by atoms with Gasteiger partial charge in [0.2, 0.25) is 0 Å². The maximum atomic E-state index is 13.7. The largest absolute Gasteiger partial charge is 0.497 e. The molecule has 0 aromatic heterocycles. The first-order valence-corrected chi connectivity index (χ1v) is 7.73. The number of benzene rings is 2. The van der Waals surface area contributed by atoms with E-state index in [1.165, 1.54) is 0 Å². The molecule has 2 atom stereocenters. The van der Waals surface area contributed by atoms with Gasteiger partial charge in [0.1, 0.15) is 12.3 Å². The summed E-state index contributed by atoms with van der Waals surface area (Å²) >= 11 is 0. The van der Waals surface area contributed by atoms with Gasteiger partial charge in [-0.1, -0.05) is 0 Å². The normalized spacial score (nSPS) is 13.2. The molecule has 0 bridgehead atoms. The number of quaternary nitrogens is 1. The van der Waals surface area contributed by atoms with E-state index < -0.39 is 29.4 Å². The molecule has 1 amide bonds. The van der Waals surface area contributed by atoms with Crippen LogP contribution in [0.15, 0.2) is 36.4 Å². The summed E-state index contributed by atoms with van der Waals surface area (Å²) in [6, 6.07) is 8.66. The Kier molecular flexibility index (Phi) is 6.03. The minimum absolute atomic E-state index is 0.381. The number of amides is 1. The van der Waals surface area contributed by atoms with Gasteiger partial charge in [-0.15, -0.1) is 0 Å². The van der Waals surface area contributed by atoms with Crippen LogP contribution >= 0.6 is 0 Å². The Bertz CT molecular complexity index is 751. The van der Waals surface area contributed by atoms with Crippen LogP contribution in [0.25, 0.3) is 0 Å². The second kappa shape index (κ2) is 8.02. The SMILES string of the molecule is COc1ccc(C[NH+](C)[C@@H](C)C(=O)Nc2ccc(F)c(F)c2F)cc1. The van der Waals surface area contributed by atoms with Crippen LogP contribution in [0.5, 0.6) is 5.75 Å². The highest BCUT2D eigenvalue weighted by Gasteiger charge is 2.24. The lowest BCUT2D eigenvalue weighted by molar-refractivity contribution is -0.907. The molecular weight excluding hydrogens is 333 g/mol. The van der Waals surface area contributed by atoms with E-state index >= 15 is 0 Å². The smallest absolute Gasteiger partial charge is 0.282 e. The molecule has 0 aliphatic rings. The van der Waals surface area contributed by atoms with Crippen molar-refractivity contribution in [2.45, 2.75) is 19.5 Å². The molecule has 7 heteroatoms. The van der Waals surface area contributed by atoms with Crippen LogP contribution in [0.3, 0.4) is 0 Å². The number of rotatable bonds is 6. The first-order chi connectivity index (χ1) is 11.8. The highest BCUT2D eigenvalue weighted by Crippen LogP contribution is 2.19. The molecule has 1 unspecified atom stereocenters. The van der Waals surface area contributed by atoms with E-state index in [2.05, 4.69) is 5.32 Å². The lowest BCUT2D eigenvalue weighted by Gasteiger charge is -2.21. The highest BCUT2D eigenvalue weighted by molar-refractivity contribution is 5.93.